The van der Waals surface area contributed by atoms with Crippen LogP contribution in [0, 0.1) is 0 Å². The van der Waals surface area contributed by atoms with E-state index in [0.29, 0.717) is 29.0 Å². The first-order valence-electron chi connectivity index (χ1n) is 8.75. The van der Waals surface area contributed by atoms with Gasteiger partial charge in [-0.15, -0.1) is 0 Å². The first kappa shape index (κ1) is 20.7. The van der Waals surface area contributed by atoms with Crippen molar-refractivity contribution in [3.8, 4) is 5.75 Å². The van der Waals surface area contributed by atoms with Crippen LogP contribution in [-0.4, -0.2) is 32.1 Å². The third-order valence-electron chi connectivity index (χ3n) is 4.72. The normalized spacial score (nSPS) is 13.6. The van der Waals surface area contributed by atoms with Crippen LogP contribution < -0.4 is 4.74 Å². The lowest BCUT2D eigenvalue weighted by Crippen LogP contribution is -2.49. The van der Waals surface area contributed by atoms with Gasteiger partial charge in [-0.25, -0.2) is 4.79 Å². The van der Waals surface area contributed by atoms with Gasteiger partial charge in [-0.2, -0.15) is 0 Å². The Kier molecular flexibility index (Phi) is 7.48. The van der Waals surface area contributed by atoms with Crippen molar-refractivity contribution in [2.45, 2.75) is 71.2 Å². The fourth-order valence-electron chi connectivity index (χ4n) is 3.76. The Morgan fingerprint density at radius 1 is 1.00 bits per heavy atom. The number of hydrogen-bond acceptors (Lipinski definition) is 3. The van der Waals surface area contributed by atoms with Crippen LogP contribution in [0.1, 0.15) is 58.8 Å². The van der Waals surface area contributed by atoms with Gasteiger partial charge < -0.3 is 14.3 Å². The SMILES string of the molecule is CC(C)[Si](OC[C@H](C)Oc1ccccc1C(=O)O)(C(C)C)C(C)C. The lowest BCUT2D eigenvalue weighted by Gasteiger charge is -2.42. The topological polar surface area (TPSA) is 55.8 Å². The minimum atomic E-state index is -1.94. The van der Waals surface area contributed by atoms with E-state index >= 15 is 0 Å². The highest BCUT2D eigenvalue weighted by molar-refractivity contribution is 6.77. The Morgan fingerprint density at radius 3 is 1.96 bits per heavy atom. The zero-order chi connectivity index (χ0) is 18.5. The van der Waals surface area contributed by atoms with Gasteiger partial charge in [0, 0.05) is 0 Å². The lowest BCUT2D eigenvalue weighted by atomic mass is 10.2. The van der Waals surface area contributed by atoms with Gasteiger partial charge in [0.25, 0.3) is 0 Å². The van der Waals surface area contributed by atoms with Crippen LogP contribution in [-0.2, 0) is 4.43 Å². The van der Waals surface area contributed by atoms with Gasteiger partial charge in [0.1, 0.15) is 17.4 Å². The van der Waals surface area contributed by atoms with Crippen molar-refractivity contribution >= 4 is 14.3 Å². The zero-order valence-corrected chi connectivity index (χ0v) is 17.0. The summed E-state index contributed by atoms with van der Waals surface area (Å²) in [5.74, 6) is -0.582. The maximum absolute atomic E-state index is 11.3. The molecule has 0 unspecified atom stereocenters. The second kappa shape index (κ2) is 8.67. The number of carboxylic acid groups (broad SMARTS) is 1. The number of benzene rings is 1. The van der Waals surface area contributed by atoms with Crippen LogP contribution in [0.5, 0.6) is 5.75 Å². The number of hydrogen-bond donors (Lipinski definition) is 1. The third-order valence-corrected chi connectivity index (χ3v) is 10.8. The minimum Gasteiger partial charge on any atom is -0.487 e. The molecule has 0 radical (unpaired) electrons. The Hall–Kier alpha value is -1.33. The average molecular weight is 353 g/mol. The molecule has 5 heteroatoms. The summed E-state index contributed by atoms with van der Waals surface area (Å²) >= 11 is 0. The highest BCUT2D eigenvalue weighted by Gasteiger charge is 2.45. The summed E-state index contributed by atoms with van der Waals surface area (Å²) in [5, 5.41) is 9.25. The van der Waals surface area contributed by atoms with Gasteiger partial charge in [-0.1, -0.05) is 53.7 Å². The lowest BCUT2D eigenvalue weighted by molar-refractivity contribution is 0.0684. The summed E-state index contributed by atoms with van der Waals surface area (Å²) < 4.78 is 12.4. The minimum absolute atomic E-state index is 0.185. The maximum Gasteiger partial charge on any atom is 0.339 e. The number of rotatable bonds is 9. The predicted molar refractivity (Wildman–Crippen MR) is 100 cm³/mol. The Bertz CT molecular complexity index is 518. The molecule has 1 rings (SSSR count). The van der Waals surface area contributed by atoms with Gasteiger partial charge in [0.2, 0.25) is 8.32 Å². The standard InChI is InChI=1S/C19H32O4Si/c1-13(2)24(14(3)4,15(5)6)22-12-16(7)23-18-11-9-8-10-17(18)19(20)21/h8-11,13-16H,12H2,1-7H3,(H,20,21)/t16-/m0/s1. The highest BCUT2D eigenvalue weighted by atomic mass is 28.4. The van der Waals surface area contributed by atoms with Gasteiger partial charge in [0.15, 0.2) is 0 Å². The van der Waals surface area contributed by atoms with E-state index in [4.69, 9.17) is 9.16 Å². The molecule has 0 amide bonds. The van der Waals surface area contributed by atoms with Crippen molar-refractivity contribution in [2.24, 2.45) is 0 Å². The molecule has 0 spiro atoms. The van der Waals surface area contributed by atoms with Crippen molar-refractivity contribution in [2.75, 3.05) is 6.61 Å². The van der Waals surface area contributed by atoms with E-state index < -0.39 is 14.3 Å². The van der Waals surface area contributed by atoms with Crippen molar-refractivity contribution in [3.63, 3.8) is 0 Å². The Morgan fingerprint density at radius 2 is 1.50 bits per heavy atom. The number of para-hydroxylation sites is 1. The number of carbonyl (C=O) groups is 1. The molecule has 0 aromatic heterocycles. The molecule has 0 bridgehead atoms. The molecule has 0 fully saturated rings. The van der Waals surface area contributed by atoms with E-state index in [1.165, 1.54) is 0 Å². The molecular weight excluding hydrogens is 320 g/mol. The van der Waals surface area contributed by atoms with E-state index in [2.05, 4.69) is 41.5 Å². The van der Waals surface area contributed by atoms with Crippen molar-refractivity contribution in [1.82, 2.24) is 0 Å². The molecule has 24 heavy (non-hydrogen) atoms. The zero-order valence-electron chi connectivity index (χ0n) is 16.0. The molecule has 0 saturated heterocycles. The fourth-order valence-corrected chi connectivity index (χ4v) is 9.28. The van der Waals surface area contributed by atoms with E-state index in [-0.39, 0.29) is 11.7 Å². The van der Waals surface area contributed by atoms with Gasteiger partial charge >= 0.3 is 5.97 Å². The second-order valence-corrected chi connectivity index (χ2v) is 12.8. The third kappa shape index (κ3) is 4.60. The summed E-state index contributed by atoms with van der Waals surface area (Å²) in [5.41, 5.74) is 1.72. The number of aromatic carboxylic acids is 1. The molecule has 0 heterocycles. The van der Waals surface area contributed by atoms with Crippen molar-refractivity contribution in [1.29, 1.82) is 0 Å². The summed E-state index contributed by atoms with van der Waals surface area (Å²) in [6.07, 6.45) is -0.200. The monoisotopic (exact) mass is 352 g/mol. The summed E-state index contributed by atoms with van der Waals surface area (Å²) in [6.45, 7) is 15.9. The van der Waals surface area contributed by atoms with E-state index in [9.17, 15) is 9.90 Å². The van der Waals surface area contributed by atoms with Crippen LogP contribution in [0.3, 0.4) is 0 Å². The molecule has 0 aliphatic heterocycles. The fraction of sp³-hybridized carbons (Fsp3) is 0.632. The van der Waals surface area contributed by atoms with Gasteiger partial charge in [-0.3, -0.25) is 0 Å². The van der Waals surface area contributed by atoms with Crippen LogP contribution in [0.2, 0.25) is 16.6 Å². The summed E-state index contributed by atoms with van der Waals surface area (Å²) in [7, 11) is -1.94. The average Bonchev–Trinajstić information content (AvgIpc) is 2.46. The second-order valence-electron chi connectivity index (χ2n) is 7.36. The number of carboxylic acids is 1. The van der Waals surface area contributed by atoms with Gasteiger partial charge in [0.05, 0.1) is 6.61 Å². The van der Waals surface area contributed by atoms with Crippen LogP contribution >= 0.6 is 0 Å². The highest BCUT2D eigenvalue weighted by Crippen LogP contribution is 2.42. The molecule has 0 aliphatic carbocycles. The molecule has 1 aromatic rings. The first-order chi connectivity index (χ1) is 11.1. The van der Waals surface area contributed by atoms with Crippen LogP contribution in [0.4, 0.5) is 0 Å². The smallest absolute Gasteiger partial charge is 0.339 e. The summed E-state index contributed by atoms with van der Waals surface area (Å²) in [6, 6.07) is 6.73. The Labute approximate surface area is 147 Å². The van der Waals surface area contributed by atoms with E-state index in [1.807, 2.05) is 6.92 Å². The maximum atomic E-state index is 11.3. The molecular formula is C19H32O4Si. The van der Waals surface area contributed by atoms with E-state index in [0.717, 1.165) is 0 Å². The summed E-state index contributed by atoms with van der Waals surface area (Å²) in [4.78, 5) is 11.3. The number of ether oxygens (including phenoxy) is 1. The predicted octanol–water partition coefficient (Wildman–Crippen LogP) is 5.34. The van der Waals surface area contributed by atoms with Crippen molar-refractivity contribution < 1.29 is 19.1 Å². The molecule has 1 N–H and O–H groups in total. The molecule has 1 atom stereocenters. The molecule has 1 aromatic carbocycles. The van der Waals surface area contributed by atoms with Crippen molar-refractivity contribution in [3.05, 3.63) is 29.8 Å². The van der Waals surface area contributed by atoms with Crippen LogP contribution in [0.15, 0.2) is 24.3 Å². The molecule has 0 saturated carbocycles. The quantitative estimate of drug-likeness (QED) is 0.609. The Balaban J connectivity index is 2.84. The van der Waals surface area contributed by atoms with Gasteiger partial charge in [-0.05, 0) is 35.7 Å². The largest absolute Gasteiger partial charge is 0.487 e. The molecule has 4 nitrogen and oxygen atoms in total. The van der Waals surface area contributed by atoms with Crippen LogP contribution in [0.25, 0.3) is 0 Å². The molecule has 0 aliphatic rings. The first-order valence-corrected chi connectivity index (χ1v) is 10.9. The molecule has 136 valence electrons. The van der Waals surface area contributed by atoms with E-state index in [1.54, 1.807) is 24.3 Å².